The molecule has 94 valence electrons. The van der Waals surface area contributed by atoms with Crippen LogP contribution >= 0.6 is 0 Å². The smallest absolute Gasteiger partial charge is 0.258 e. The SMILES string of the molecule is O=c1cc(CCC2CCNC2)nc2ccccn12. The highest BCUT2D eigenvalue weighted by Gasteiger charge is 2.14. The first kappa shape index (κ1) is 11.4. The van der Waals surface area contributed by atoms with Crippen molar-refractivity contribution in [1.82, 2.24) is 14.7 Å². The summed E-state index contributed by atoms with van der Waals surface area (Å²) in [6.07, 6.45) is 5.01. The standard InChI is InChI=1S/C14H17N3O/c18-14-9-12(5-4-11-6-7-15-10-11)16-13-3-1-2-8-17(13)14/h1-3,8-9,11,15H,4-7,10H2. The summed E-state index contributed by atoms with van der Waals surface area (Å²) < 4.78 is 1.58. The third-order valence-electron chi connectivity index (χ3n) is 3.60. The predicted molar refractivity (Wildman–Crippen MR) is 70.8 cm³/mol. The molecule has 0 spiro atoms. The summed E-state index contributed by atoms with van der Waals surface area (Å²) >= 11 is 0. The van der Waals surface area contributed by atoms with E-state index in [2.05, 4.69) is 10.3 Å². The lowest BCUT2D eigenvalue weighted by Crippen LogP contribution is -2.16. The van der Waals surface area contributed by atoms with Crippen molar-refractivity contribution in [2.45, 2.75) is 19.3 Å². The molecule has 1 N–H and O–H groups in total. The Bertz CT molecular complexity index is 599. The highest BCUT2D eigenvalue weighted by molar-refractivity contribution is 5.37. The van der Waals surface area contributed by atoms with Crippen molar-refractivity contribution in [3.05, 3.63) is 46.5 Å². The summed E-state index contributed by atoms with van der Waals surface area (Å²) in [5, 5.41) is 3.36. The molecule has 0 amide bonds. The summed E-state index contributed by atoms with van der Waals surface area (Å²) in [6, 6.07) is 7.30. The van der Waals surface area contributed by atoms with E-state index in [-0.39, 0.29) is 5.56 Å². The minimum atomic E-state index is 0.0140. The van der Waals surface area contributed by atoms with Gasteiger partial charge in [-0.3, -0.25) is 9.20 Å². The molecular weight excluding hydrogens is 226 g/mol. The lowest BCUT2D eigenvalue weighted by molar-refractivity contribution is 0.529. The Morgan fingerprint density at radius 1 is 1.44 bits per heavy atom. The van der Waals surface area contributed by atoms with Gasteiger partial charge in [-0.1, -0.05) is 6.07 Å². The van der Waals surface area contributed by atoms with Crippen molar-refractivity contribution in [3.63, 3.8) is 0 Å². The van der Waals surface area contributed by atoms with Gasteiger partial charge in [-0.05, 0) is 50.4 Å². The van der Waals surface area contributed by atoms with Crippen LogP contribution in [0.25, 0.3) is 5.65 Å². The van der Waals surface area contributed by atoms with E-state index in [0.29, 0.717) is 0 Å². The summed E-state index contributed by atoms with van der Waals surface area (Å²) in [7, 11) is 0. The number of nitrogens with zero attached hydrogens (tertiary/aromatic N) is 2. The van der Waals surface area contributed by atoms with Gasteiger partial charge in [-0.25, -0.2) is 4.98 Å². The third-order valence-corrected chi connectivity index (χ3v) is 3.60. The molecule has 2 aromatic rings. The number of rotatable bonds is 3. The van der Waals surface area contributed by atoms with E-state index in [1.54, 1.807) is 16.7 Å². The van der Waals surface area contributed by atoms with E-state index >= 15 is 0 Å². The number of pyridine rings is 1. The number of nitrogens with one attached hydrogen (secondary N) is 1. The highest BCUT2D eigenvalue weighted by atomic mass is 16.1. The topological polar surface area (TPSA) is 46.4 Å². The summed E-state index contributed by atoms with van der Waals surface area (Å²) in [5.41, 5.74) is 1.67. The number of hydrogen-bond donors (Lipinski definition) is 1. The van der Waals surface area contributed by atoms with Crippen molar-refractivity contribution >= 4 is 5.65 Å². The zero-order chi connectivity index (χ0) is 12.4. The molecule has 1 aliphatic heterocycles. The molecule has 1 aliphatic rings. The second-order valence-electron chi connectivity index (χ2n) is 4.91. The zero-order valence-electron chi connectivity index (χ0n) is 10.3. The largest absolute Gasteiger partial charge is 0.316 e. The predicted octanol–water partition coefficient (Wildman–Crippen LogP) is 1.24. The second-order valence-corrected chi connectivity index (χ2v) is 4.91. The maximum Gasteiger partial charge on any atom is 0.258 e. The minimum absolute atomic E-state index is 0.0140. The molecule has 3 heterocycles. The van der Waals surface area contributed by atoms with Gasteiger partial charge in [-0.2, -0.15) is 0 Å². The van der Waals surface area contributed by atoms with Gasteiger partial charge in [0.1, 0.15) is 5.65 Å². The maximum atomic E-state index is 11.9. The normalized spacial score (nSPS) is 19.4. The summed E-state index contributed by atoms with van der Waals surface area (Å²) in [5.74, 6) is 0.737. The Balaban J connectivity index is 1.81. The van der Waals surface area contributed by atoms with Gasteiger partial charge in [0, 0.05) is 18.0 Å². The van der Waals surface area contributed by atoms with Crippen molar-refractivity contribution in [3.8, 4) is 0 Å². The second kappa shape index (κ2) is 4.90. The van der Waals surface area contributed by atoms with Crippen molar-refractivity contribution in [2.24, 2.45) is 5.92 Å². The molecule has 0 aromatic carbocycles. The number of fused-ring (bicyclic) bond motifs is 1. The van der Waals surface area contributed by atoms with Gasteiger partial charge in [0.2, 0.25) is 0 Å². The van der Waals surface area contributed by atoms with Gasteiger partial charge in [0.05, 0.1) is 0 Å². The van der Waals surface area contributed by atoms with Crippen LogP contribution in [0.15, 0.2) is 35.3 Å². The molecule has 1 saturated heterocycles. The first-order valence-corrected chi connectivity index (χ1v) is 6.51. The quantitative estimate of drug-likeness (QED) is 0.882. The maximum absolute atomic E-state index is 11.9. The Hall–Kier alpha value is -1.68. The van der Waals surface area contributed by atoms with Crippen LogP contribution in [0.5, 0.6) is 0 Å². The molecule has 1 atom stereocenters. The van der Waals surface area contributed by atoms with Gasteiger partial charge < -0.3 is 5.32 Å². The minimum Gasteiger partial charge on any atom is -0.316 e. The molecule has 0 radical (unpaired) electrons. The van der Waals surface area contributed by atoms with Gasteiger partial charge in [0.25, 0.3) is 5.56 Å². The first-order valence-electron chi connectivity index (χ1n) is 6.51. The van der Waals surface area contributed by atoms with E-state index in [0.717, 1.165) is 43.2 Å². The number of aromatic nitrogens is 2. The molecule has 4 nitrogen and oxygen atoms in total. The van der Waals surface area contributed by atoms with Crippen LogP contribution in [0.1, 0.15) is 18.5 Å². The first-order chi connectivity index (χ1) is 8.83. The third kappa shape index (κ3) is 2.29. The van der Waals surface area contributed by atoms with Crippen LogP contribution in [-0.4, -0.2) is 22.5 Å². The fraction of sp³-hybridized carbons (Fsp3) is 0.429. The summed E-state index contributed by atoms with van der Waals surface area (Å²) in [6.45, 7) is 2.23. The fourth-order valence-corrected chi connectivity index (χ4v) is 2.54. The fourth-order valence-electron chi connectivity index (χ4n) is 2.54. The van der Waals surface area contributed by atoms with Crippen molar-refractivity contribution in [1.29, 1.82) is 0 Å². The van der Waals surface area contributed by atoms with Crippen molar-refractivity contribution in [2.75, 3.05) is 13.1 Å². The molecule has 2 aromatic heterocycles. The van der Waals surface area contributed by atoms with Crippen LogP contribution < -0.4 is 10.9 Å². The van der Waals surface area contributed by atoms with Crippen LogP contribution in [0.2, 0.25) is 0 Å². The molecule has 4 heteroatoms. The number of aryl methyl sites for hydroxylation is 1. The summed E-state index contributed by atoms with van der Waals surface area (Å²) in [4.78, 5) is 16.4. The van der Waals surface area contributed by atoms with E-state index in [1.165, 1.54) is 6.42 Å². The molecule has 18 heavy (non-hydrogen) atoms. The average molecular weight is 243 g/mol. The zero-order valence-corrected chi connectivity index (χ0v) is 10.3. The Labute approximate surface area is 106 Å². The molecule has 1 unspecified atom stereocenters. The van der Waals surface area contributed by atoms with Gasteiger partial charge in [-0.15, -0.1) is 0 Å². The van der Waals surface area contributed by atoms with Crippen molar-refractivity contribution < 1.29 is 0 Å². The Morgan fingerprint density at radius 2 is 2.39 bits per heavy atom. The molecule has 0 saturated carbocycles. The monoisotopic (exact) mass is 243 g/mol. The van der Waals surface area contributed by atoms with E-state index < -0.39 is 0 Å². The number of hydrogen-bond acceptors (Lipinski definition) is 3. The van der Waals surface area contributed by atoms with Gasteiger partial charge in [0.15, 0.2) is 0 Å². The lowest BCUT2D eigenvalue weighted by Gasteiger charge is -2.08. The molecular formula is C14H17N3O. The highest BCUT2D eigenvalue weighted by Crippen LogP contribution is 2.14. The van der Waals surface area contributed by atoms with Gasteiger partial charge >= 0.3 is 0 Å². The Morgan fingerprint density at radius 3 is 3.22 bits per heavy atom. The van der Waals surface area contributed by atoms with Crippen LogP contribution in [-0.2, 0) is 6.42 Å². The van der Waals surface area contributed by atoms with Crippen LogP contribution in [0.4, 0.5) is 0 Å². The molecule has 1 fully saturated rings. The Kier molecular flexibility index (Phi) is 3.11. The van der Waals surface area contributed by atoms with E-state index in [1.807, 2.05) is 18.2 Å². The molecule has 0 bridgehead atoms. The molecule has 3 rings (SSSR count). The van der Waals surface area contributed by atoms with E-state index in [9.17, 15) is 4.79 Å². The molecule has 0 aliphatic carbocycles. The average Bonchev–Trinajstić information content (AvgIpc) is 2.90. The van der Waals surface area contributed by atoms with Crippen LogP contribution in [0.3, 0.4) is 0 Å². The van der Waals surface area contributed by atoms with Crippen LogP contribution in [0, 0.1) is 5.92 Å². The van der Waals surface area contributed by atoms with E-state index in [4.69, 9.17) is 0 Å². The lowest BCUT2D eigenvalue weighted by atomic mass is 10.0.